The molecule has 0 radical (unpaired) electrons. The molecule has 0 aromatic carbocycles. The minimum absolute atomic E-state index is 0.975. The summed E-state index contributed by atoms with van der Waals surface area (Å²) < 4.78 is 0. The lowest BCUT2D eigenvalue weighted by atomic mass is 10.4. The van der Waals surface area contributed by atoms with Gasteiger partial charge in [0.15, 0.2) is 5.82 Å². The summed E-state index contributed by atoms with van der Waals surface area (Å²) in [4.78, 5) is 9.18. The van der Waals surface area contributed by atoms with Gasteiger partial charge in [-0.15, -0.1) is 0 Å². The van der Waals surface area contributed by atoms with Gasteiger partial charge >= 0.3 is 0 Å². The fourth-order valence-corrected chi connectivity index (χ4v) is 0.943. The van der Waals surface area contributed by atoms with E-state index < -0.39 is 0 Å². The highest BCUT2D eigenvalue weighted by Crippen LogP contribution is 2.13. The average Bonchev–Trinajstić information content (AvgIpc) is 2.36. The molecule has 0 aliphatic rings. The first-order valence-electron chi connectivity index (χ1n) is 3.59. The van der Waals surface area contributed by atoms with Gasteiger partial charge in [-0.3, -0.25) is 0 Å². The van der Waals surface area contributed by atoms with Crippen molar-refractivity contribution in [2.24, 2.45) is 0 Å². The maximum Gasteiger partial charge on any atom is 0.153 e. The number of nitrogens with one attached hydrogen (secondary N) is 1. The number of hydrogen-bond acceptors (Lipinski definition) is 2. The molecule has 0 saturated carbocycles. The standard InChI is InChI=1S/C8H13N3/c1-4-5-7-8(11(2)3)10-6-9-7/h4-6H,1-3H3,(H,9,10)/b5-4-. The maximum absolute atomic E-state index is 4.15. The van der Waals surface area contributed by atoms with Gasteiger partial charge in [-0.2, -0.15) is 0 Å². The van der Waals surface area contributed by atoms with Crippen LogP contribution >= 0.6 is 0 Å². The Balaban J connectivity index is 2.96. The average molecular weight is 151 g/mol. The molecule has 0 bridgehead atoms. The third-order valence-electron chi connectivity index (χ3n) is 1.40. The monoisotopic (exact) mass is 151 g/mol. The summed E-state index contributed by atoms with van der Waals surface area (Å²) in [6.07, 6.45) is 5.69. The van der Waals surface area contributed by atoms with Crippen molar-refractivity contribution in [1.29, 1.82) is 0 Å². The molecular formula is C8H13N3. The van der Waals surface area contributed by atoms with Gasteiger partial charge < -0.3 is 9.88 Å². The summed E-state index contributed by atoms with van der Waals surface area (Å²) in [6, 6.07) is 0. The summed E-state index contributed by atoms with van der Waals surface area (Å²) >= 11 is 0. The van der Waals surface area contributed by atoms with Crippen molar-refractivity contribution < 1.29 is 0 Å². The van der Waals surface area contributed by atoms with E-state index in [0.717, 1.165) is 11.5 Å². The Morgan fingerprint density at radius 3 is 2.82 bits per heavy atom. The highest BCUT2D eigenvalue weighted by molar-refractivity contribution is 5.59. The smallest absolute Gasteiger partial charge is 0.153 e. The lowest BCUT2D eigenvalue weighted by molar-refractivity contribution is 1.08. The number of aromatic nitrogens is 2. The summed E-state index contributed by atoms with van der Waals surface area (Å²) in [5, 5.41) is 0. The second-order valence-corrected chi connectivity index (χ2v) is 2.53. The normalized spacial score (nSPS) is 10.8. The van der Waals surface area contributed by atoms with Crippen LogP contribution in [0.2, 0.25) is 0 Å². The Morgan fingerprint density at radius 2 is 2.27 bits per heavy atom. The second kappa shape index (κ2) is 3.23. The second-order valence-electron chi connectivity index (χ2n) is 2.53. The molecule has 0 aliphatic carbocycles. The maximum atomic E-state index is 4.15. The molecule has 0 spiro atoms. The van der Waals surface area contributed by atoms with Gasteiger partial charge in [0.2, 0.25) is 0 Å². The van der Waals surface area contributed by atoms with Crippen LogP contribution in [0.4, 0.5) is 5.82 Å². The van der Waals surface area contributed by atoms with Crippen molar-refractivity contribution in [3.8, 4) is 0 Å². The van der Waals surface area contributed by atoms with Gasteiger partial charge in [-0.25, -0.2) is 4.98 Å². The summed E-state index contributed by atoms with van der Waals surface area (Å²) in [7, 11) is 3.95. The Morgan fingerprint density at radius 1 is 1.55 bits per heavy atom. The lowest BCUT2D eigenvalue weighted by Gasteiger charge is -2.08. The van der Waals surface area contributed by atoms with E-state index in [4.69, 9.17) is 0 Å². The van der Waals surface area contributed by atoms with E-state index in [1.54, 1.807) is 6.33 Å². The fraction of sp³-hybridized carbons (Fsp3) is 0.375. The molecule has 1 aromatic heterocycles. The van der Waals surface area contributed by atoms with Gasteiger partial charge in [0, 0.05) is 14.1 Å². The van der Waals surface area contributed by atoms with E-state index in [1.165, 1.54) is 0 Å². The summed E-state index contributed by atoms with van der Waals surface area (Å²) in [5.74, 6) is 0.975. The summed E-state index contributed by atoms with van der Waals surface area (Å²) in [5.41, 5.74) is 1.05. The highest BCUT2D eigenvalue weighted by atomic mass is 15.2. The first-order valence-corrected chi connectivity index (χ1v) is 3.59. The van der Waals surface area contributed by atoms with Crippen LogP contribution in [-0.2, 0) is 0 Å². The first kappa shape index (κ1) is 7.85. The predicted octanol–water partition coefficient (Wildman–Crippen LogP) is 1.51. The summed E-state index contributed by atoms with van der Waals surface area (Å²) in [6.45, 7) is 1.99. The topological polar surface area (TPSA) is 31.9 Å². The van der Waals surface area contributed by atoms with Gasteiger partial charge in [0.25, 0.3) is 0 Å². The number of rotatable bonds is 2. The van der Waals surface area contributed by atoms with E-state index in [0.29, 0.717) is 0 Å². The zero-order valence-electron chi connectivity index (χ0n) is 7.13. The number of nitrogens with zero attached hydrogens (tertiary/aromatic N) is 2. The number of imidazole rings is 1. The highest BCUT2D eigenvalue weighted by Gasteiger charge is 2.02. The van der Waals surface area contributed by atoms with E-state index in [9.17, 15) is 0 Å². The Kier molecular flexibility index (Phi) is 2.31. The van der Waals surface area contributed by atoms with E-state index in [-0.39, 0.29) is 0 Å². The molecule has 1 heterocycles. The lowest BCUT2D eigenvalue weighted by Crippen LogP contribution is -2.10. The van der Waals surface area contributed by atoms with Crippen LogP contribution in [-0.4, -0.2) is 24.1 Å². The molecule has 60 valence electrons. The van der Waals surface area contributed by atoms with Crippen LogP contribution in [0.25, 0.3) is 6.08 Å². The molecule has 3 nitrogen and oxygen atoms in total. The molecule has 0 unspecified atom stereocenters. The molecule has 0 atom stereocenters. The van der Waals surface area contributed by atoms with E-state index in [1.807, 2.05) is 38.1 Å². The number of hydrogen-bond donors (Lipinski definition) is 1. The zero-order valence-corrected chi connectivity index (χ0v) is 7.13. The van der Waals surface area contributed by atoms with Gasteiger partial charge in [0.1, 0.15) is 0 Å². The van der Waals surface area contributed by atoms with Crippen molar-refractivity contribution in [1.82, 2.24) is 9.97 Å². The molecule has 0 aliphatic heterocycles. The van der Waals surface area contributed by atoms with Crippen LogP contribution in [0.1, 0.15) is 12.6 Å². The van der Waals surface area contributed by atoms with Gasteiger partial charge in [-0.05, 0) is 13.0 Å². The fourth-order valence-electron chi connectivity index (χ4n) is 0.943. The number of aromatic amines is 1. The van der Waals surface area contributed by atoms with Crippen molar-refractivity contribution in [2.45, 2.75) is 6.92 Å². The Labute approximate surface area is 66.8 Å². The number of anilines is 1. The zero-order chi connectivity index (χ0) is 8.27. The van der Waals surface area contributed by atoms with Crippen molar-refractivity contribution in [2.75, 3.05) is 19.0 Å². The molecule has 0 saturated heterocycles. The molecule has 11 heavy (non-hydrogen) atoms. The molecule has 1 aromatic rings. The molecular weight excluding hydrogens is 138 g/mol. The Hall–Kier alpha value is -1.25. The molecule has 3 heteroatoms. The van der Waals surface area contributed by atoms with E-state index >= 15 is 0 Å². The minimum atomic E-state index is 0.975. The van der Waals surface area contributed by atoms with Gasteiger partial charge in [-0.1, -0.05) is 6.08 Å². The van der Waals surface area contributed by atoms with E-state index in [2.05, 4.69) is 9.97 Å². The largest absolute Gasteiger partial charge is 0.361 e. The molecule has 1 rings (SSSR count). The quantitative estimate of drug-likeness (QED) is 0.694. The number of allylic oxidation sites excluding steroid dienone is 1. The SMILES string of the molecule is C/C=C\c1[nH]cnc1N(C)C. The van der Waals surface area contributed by atoms with Crippen molar-refractivity contribution in [3.05, 3.63) is 18.1 Å². The molecule has 1 N–H and O–H groups in total. The number of H-pyrrole nitrogens is 1. The van der Waals surface area contributed by atoms with Gasteiger partial charge in [0.05, 0.1) is 12.0 Å². The van der Waals surface area contributed by atoms with Crippen molar-refractivity contribution >= 4 is 11.9 Å². The minimum Gasteiger partial charge on any atom is -0.361 e. The third-order valence-corrected chi connectivity index (χ3v) is 1.40. The molecule has 0 fully saturated rings. The predicted molar refractivity (Wildman–Crippen MR) is 47.6 cm³/mol. The Bertz CT molecular complexity index is 248. The van der Waals surface area contributed by atoms with Crippen LogP contribution in [0.3, 0.4) is 0 Å². The first-order chi connectivity index (χ1) is 5.25. The van der Waals surface area contributed by atoms with Crippen LogP contribution in [0.15, 0.2) is 12.4 Å². The van der Waals surface area contributed by atoms with Crippen molar-refractivity contribution in [3.63, 3.8) is 0 Å². The van der Waals surface area contributed by atoms with Crippen LogP contribution in [0, 0.1) is 0 Å². The van der Waals surface area contributed by atoms with Crippen LogP contribution in [0.5, 0.6) is 0 Å². The third kappa shape index (κ3) is 1.61. The van der Waals surface area contributed by atoms with Crippen LogP contribution < -0.4 is 4.90 Å². The molecule has 0 amide bonds.